The van der Waals surface area contributed by atoms with Crippen LogP contribution in [0.15, 0.2) is 24.3 Å². The van der Waals surface area contributed by atoms with Crippen molar-refractivity contribution in [2.45, 2.75) is 18.8 Å². The number of carbonyl (C=O) groups is 3. The van der Waals surface area contributed by atoms with Crippen LogP contribution in [0.4, 0.5) is 0 Å². The van der Waals surface area contributed by atoms with Crippen molar-refractivity contribution in [3.05, 3.63) is 29.8 Å². The Kier molecular flexibility index (Phi) is 3.79. The molecule has 1 fully saturated rings. The highest BCUT2D eigenvalue weighted by molar-refractivity contribution is 6.01. The Labute approximate surface area is 109 Å². The van der Waals surface area contributed by atoms with Gasteiger partial charge in [-0.3, -0.25) is 14.9 Å². The highest BCUT2D eigenvalue weighted by Gasteiger charge is 2.29. The molecule has 0 saturated carbocycles. The van der Waals surface area contributed by atoms with E-state index in [0.29, 0.717) is 17.7 Å². The molecule has 6 nitrogen and oxygen atoms in total. The van der Waals surface area contributed by atoms with Gasteiger partial charge in [-0.2, -0.15) is 0 Å². The van der Waals surface area contributed by atoms with Gasteiger partial charge in [0.2, 0.25) is 11.8 Å². The van der Waals surface area contributed by atoms with E-state index in [0.717, 1.165) is 0 Å². The fourth-order valence-electron chi connectivity index (χ4n) is 2.03. The van der Waals surface area contributed by atoms with Gasteiger partial charge in [0.15, 0.2) is 6.61 Å². The third kappa shape index (κ3) is 3.09. The van der Waals surface area contributed by atoms with Crippen LogP contribution >= 0.6 is 0 Å². The fourth-order valence-corrected chi connectivity index (χ4v) is 2.03. The van der Waals surface area contributed by atoms with Gasteiger partial charge in [0.25, 0.3) is 0 Å². The fraction of sp³-hybridized carbons (Fsp3) is 0.308. The number of carboxylic acid groups (broad SMARTS) is 1. The molecular formula is C13H13NO5. The van der Waals surface area contributed by atoms with Crippen molar-refractivity contribution in [1.82, 2.24) is 5.32 Å². The average Bonchev–Trinajstić information content (AvgIpc) is 2.37. The van der Waals surface area contributed by atoms with E-state index in [1.54, 1.807) is 24.3 Å². The van der Waals surface area contributed by atoms with Crippen LogP contribution in [0, 0.1) is 0 Å². The van der Waals surface area contributed by atoms with Crippen molar-refractivity contribution >= 4 is 17.8 Å². The molecule has 1 aliphatic heterocycles. The SMILES string of the molecule is O=C(O)COc1ccccc1C1CCC(=O)NC1=O. The summed E-state index contributed by atoms with van der Waals surface area (Å²) in [6, 6.07) is 6.76. The molecule has 0 aliphatic carbocycles. The van der Waals surface area contributed by atoms with Crippen molar-refractivity contribution in [2.75, 3.05) is 6.61 Å². The van der Waals surface area contributed by atoms with Crippen molar-refractivity contribution in [3.63, 3.8) is 0 Å². The Morgan fingerprint density at radius 3 is 2.79 bits per heavy atom. The van der Waals surface area contributed by atoms with Gasteiger partial charge in [-0.05, 0) is 12.5 Å². The van der Waals surface area contributed by atoms with E-state index in [1.807, 2.05) is 0 Å². The Morgan fingerprint density at radius 2 is 2.11 bits per heavy atom. The number of rotatable bonds is 4. The Bertz CT molecular complexity index is 526. The molecule has 1 heterocycles. The minimum absolute atomic E-state index is 0.268. The first-order valence-electron chi connectivity index (χ1n) is 5.85. The normalized spacial score (nSPS) is 18.8. The molecule has 19 heavy (non-hydrogen) atoms. The van der Waals surface area contributed by atoms with Crippen LogP contribution in [0.25, 0.3) is 0 Å². The van der Waals surface area contributed by atoms with E-state index in [4.69, 9.17) is 9.84 Å². The molecule has 1 aliphatic rings. The number of amides is 2. The van der Waals surface area contributed by atoms with Crippen LogP contribution in [0.5, 0.6) is 5.75 Å². The summed E-state index contributed by atoms with van der Waals surface area (Å²) in [7, 11) is 0. The lowest BCUT2D eigenvalue weighted by atomic mass is 9.90. The summed E-state index contributed by atoms with van der Waals surface area (Å²) < 4.78 is 5.16. The molecular weight excluding hydrogens is 250 g/mol. The highest BCUT2D eigenvalue weighted by atomic mass is 16.5. The Hall–Kier alpha value is -2.37. The van der Waals surface area contributed by atoms with E-state index >= 15 is 0 Å². The number of carbonyl (C=O) groups excluding carboxylic acids is 2. The van der Waals surface area contributed by atoms with Crippen LogP contribution < -0.4 is 10.1 Å². The predicted molar refractivity (Wildman–Crippen MR) is 64.7 cm³/mol. The van der Waals surface area contributed by atoms with Crippen molar-refractivity contribution in [1.29, 1.82) is 0 Å². The summed E-state index contributed by atoms with van der Waals surface area (Å²) in [6.45, 7) is -0.468. The predicted octanol–water partition coefficient (Wildman–Crippen LogP) is 0.670. The summed E-state index contributed by atoms with van der Waals surface area (Å²) >= 11 is 0. The minimum atomic E-state index is -1.09. The molecule has 0 aromatic heterocycles. The molecule has 1 aromatic carbocycles. The van der Waals surface area contributed by atoms with Gasteiger partial charge in [-0.25, -0.2) is 4.79 Å². The van der Waals surface area contributed by atoms with Crippen LogP contribution in [0.2, 0.25) is 0 Å². The molecule has 100 valence electrons. The second-order valence-electron chi connectivity index (χ2n) is 4.22. The lowest BCUT2D eigenvalue weighted by Gasteiger charge is -2.22. The molecule has 1 saturated heterocycles. The van der Waals surface area contributed by atoms with Gasteiger partial charge < -0.3 is 9.84 Å². The van der Waals surface area contributed by atoms with E-state index in [2.05, 4.69) is 5.32 Å². The number of hydrogen-bond acceptors (Lipinski definition) is 4. The highest BCUT2D eigenvalue weighted by Crippen LogP contribution is 2.31. The number of hydrogen-bond donors (Lipinski definition) is 2. The second-order valence-corrected chi connectivity index (χ2v) is 4.22. The largest absolute Gasteiger partial charge is 0.482 e. The molecule has 1 aromatic rings. The number of ether oxygens (including phenoxy) is 1. The van der Waals surface area contributed by atoms with E-state index in [-0.39, 0.29) is 18.2 Å². The molecule has 1 unspecified atom stereocenters. The number of para-hydroxylation sites is 1. The molecule has 1 atom stereocenters. The van der Waals surface area contributed by atoms with Crippen molar-refractivity contribution < 1.29 is 24.2 Å². The molecule has 0 radical (unpaired) electrons. The number of benzene rings is 1. The van der Waals surface area contributed by atoms with Crippen LogP contribution in [-0.4, -0.2) is 29.5 Å². The average molecular weight is 263 g/mol. The maximum atomic E-state index is 11.8. The summed E-state index contributed by atoms with van der Waals surface area (Å²) in [5, 5.41) is 10.9. The number of carboxylic acids is 1. The number of aliphatic carboxylic acids is 1. The lowest BCUT2D eigenvalue weighted by molar-refractivity contribution is -0.139. The first-order valence-corrected chi connectivity index (χ1v) is 5.85. The molecule has 2 N–H and O–H groups in total. The van der Waals surface area contributed by atoms with Gasteiger partial charge in [-0.1, -0.05) is 18.2 Å². The smallest absolute Gasteiger partial charge is 0.341 e. The first kappa shape index (κ1) is 13.1. The molecule has 2 rings (SSSR count). The zero-order valence-electron chi connectivity index (χ0n) is 10.1. The number of imide groups is 1. The lowest BCUT2D eigenvalue weighted by Crippen LogP contribution is -2.39. The van der Waals surface area contributed by atoms with Crippen molar-refractivity contribution in [2.24, 2.45) is 0 Å². The van der Waals surface area contributed by atoms with Gasteiger partial charge in [-0.15, -0.1) is 0 Å². The third-order valence-corrected chi connectivity index (χ3v) is 2.88. The Morgan fingerprint density at radius 1 is 1.37 bits per heavy atom. The summed E-state index contributed by atoms with van der Waals surface area (Å²) in [5.74, 6) is -1.87. The third-order valence-electron chi connectivity index (χ3n) is 2.88. The number of nitrogens with one attached hydrogen (secondary N) is 1. The minimum Gasteiger partial charge on any atom is -0.482 e. The molecule has 0 bridgehead atoms. The molecule has 2 amide bonds. The summed E-state index contributed by atoms with van der Waals surface area (Å²) in [5.41, 5.74) is 0.605. The Balaban J connectivity index is 2.21. The molecule has 0 spiro atoms. The topological polar surface area (TPSA) is 92.7 Å². The van der Waals surface area contributed by atoms with Gasteiger partial charge >= 0.3 is 5.97 Å². The standard InChI is InChI=1S/C13H13NO5/c15-11-6-5-9(13(18)14-11)8-3-1-2-4-10(8)19-7-12(16)17/h1-4,9H,5-7H2,(H,16,17)(H,14,15,18). The molecule has 6 heteroatoms. The quantitative estimate of drug-likeness (QED) is 0.779. The van der Waals surface area contributed by atoms with Crippen molar-refractivity contribution in [3.8, 4) is 5.75 Å². The van der Waals surface area contributed by atoms with Gasteiger partial charge in [0.05, 0.1) is 5.92 Å². The second kappa shape index (κ2) is 5.51. The van der Waals surface area contributed by atoms with Crippen LogP contribution in [0.3, 0.4) is 0 Å². The number of piperidine rings is 1. The maximum Gasteiger partial charge on any atom is 0.341 e. The summed E-state index contributed by atoms with van der Waals surface area (Å²) in [4.78, 5) is 33.4. The maximum absolute atomic E-state index is 11.8. The van der Waals surface area contributed by atoms with E-state index in [9.17, 15) is 14.4 Å². The first-order chi connectivity index (χ1) is 9.08. The zero-order valence-corrected chi connectivity index (χ0v) is 10.1. The van der Waals surface area contributed by atoms with Crippen LogP contribution in [-0.2, 0) is 14.4 Å². The van der Waals surface area contributed by atoms with E-state index in [1.165, 1.54) is 0 Å². The monoisotopic (exact) mass is 263 g/mol. The van der Waals surface area contributed by atoms with Crippen LogP contribution in [0.1, 0.15) is 24.3 Å². The van der Waals surface area contributed by atoms with E-state index < -0.39 is 18.5 Å². The van der Waals surface area contributed by atoms with Gasteiger partial charge in [0, 0.05) is 12.0 Å². The zero-order chi connectivity index (χ0) is 13.8. The summed E-state index contributed by atoms with van der Waals surface area (Å²) in [6.07, 6.45) is 0.668. The van der Waals surface area contributed by atoms with Gasteiger partial charge in [0.1, 0.15) is 5.75 Å².